The van der Waals surface area contributed by atoms with Crippen molar-refractivity contribution in [3.05, 3.63) is 29.8 Å². The van der Waals surface area contributed by atoms with Crippen LogP contribution in [0.15, 0.2) is 29.4 Å². The first kappa shape index (κ1) is 19.9. The van der Waals surface area contributed by atoms with E-state index in [4.69, 9.17) is 0 Å². The molecule has 0 spiro atoms. The summed E-state index contributed by atoms with van der Waals surface area (Å²) in [6, 6.07) is 8.90. The van der Waals surface area contributed by atoms with Crippen molar-refractivity contribution in [3.63, 3.8) is 0 Å². The standard InChI is InChI=1S/C15H24N6S.ClH/c1-4-21(5-2)14-8-6-13(7-9-14)12-16-10-11-22-15-17-18-19-20(15)3;/h6-9,16H,4-5,10-12H2,1-3H3;1H. The summed E-state index contributed by atoms with van der Waals surface area (Å²) in [5.74, 6) is 0.954. The molecule has 128 valence electrons. The zero-order valence-corrected chi connectivity index (χ0v) is 15.5. The molecule has 0 radical (unpaired) electrons. The molecule has 0 aliphatic heterocycles. The van der Waals surface area contributed by atoms with Crippen LogP contribution in [0.1, 0.15) is 19.4 Å². The minimum absolute atomic E-state index is 0. The molecule has 8 heteroatoms. The molecule has 0 saturated carbocycles. The van der Waals surface area contributed by atoms with Crippen molar-refractivity contribution in [2.24, 2.45) is 7.05 Å². The number of halogens is 1. The van der Waals surface area contributed by atoms with E-state index in [0.29, 0.717) is 0 Å². The summed E-state index contributed by atoms with van der Waals surface area (Å²) in [6.07, 6.45) is 0. The normalized spacial score (nSPS) is 10.8. The van der Waals surface area contributed by atoms with Crippen LogP contribution in [0, 0.1) is 0 Å². The number of hydrogen-bond donors (Lipinski definition) is 2. The Balaban J connectivity index is 0.00000264. The number of thioether (sulfide) groups is 1. The fourth-order valence-corrected chi connectivity index (χ4v) is 3.05. The number of aromatic nitrogens is 4. The minimum atomic E-state index is 0. The van der Waals surface area contributed by atoms with Crippen LogP contribution in [0.5, 0.6) is 0 Å². The summed E-state index contributed by atoms with van der Waals surface area (Å²) < 4.78 is 1.69. The molecule has 23 heavy (non-hydrogen) atoms. The van der Waals surface area contributed by atoms with Gasteiger partial charge in [0.2, 0.25) is 5.16 Å². The molecule has 2 aromatic rings. The zero-order valence-electron chi connectivity index (χ0n) is 13.9. The van der Waals surface area contributed by atoms with Gasteiger partial charge in [-0.25, -0.2) is 4.68 Å². The van der Waals surface area contributed by atoms with Crippen molar-refractivity contribution in [1.82, 2.24) is 25.5 Å². The summed E-state index contributed by atoms with van der Waals surface area (Å²) >= 11 is 1.66. The topological polar surface area (TPSA) is 60.1 Å². The highest BCUT2D eigenvalue weighted by Gasteiger charge is 2.06. The van der Waals surface area contributed by atoms with Crippen molar-refractivity contribution in [3.8, 4) is 0 Å². The van der Waals surface area contributed by atoms with Crippen molar-refractivity contribution >= 4 is 17.4 Å². The van der Waals surface area contributed by atoms with Gasteiger partial charge in [-0.15, -0.1) is 5.10 Å². The van der Waals surface area contributed by atoms with E-state index in [0.717, 1.165) is 37.1 Å². The molecule has 2 N–H and O–H groups in total. The van der Waals surface area contributed by atoms with Crippen LogP contribution in [-0.4, -0.2) is 45.6 Å². The first-order chi connectivity index (χ1) is 10.7. The molecule has 1 aromatic carbocycles. The SMILES string of the molecule is CC[NH+](CC)c1ccc(CNCCSc2nnnn2C)cc1.[Cl-]. The third-order valence-electron chi connectivity index (χ3n) is 3.64. The summed E-state index contributed by atoms with van der Waals surface area (Å²) in [7, 11) is 1.86. The molecule has 0 unspecified atom stereocenters. The van der Waals surface area contributed by atoms with E-state index in [1.54, 1.807) is 16.4 Å². The third-order valence-corrected chi connectivity index (χ3v) is 4.65. The molecule has 0 aliphatic rings. The van der Waals surface area contributed by atoms with Gasteiger partial charge in [-0.2, -0.15) is 0 Å². The molecule has 0 aliphatic carbocycles. The molecule has 1 aromatic heterocycles. The predicted octanol–water partition coefficient (Wildman–Crippen LogP) is -2.35. The quantitative estimate of drug-likeness (QED) is 0.389. The largest absolute Gasteiger partial charge is 1.00 e. The highest BCUT2D eigenvalue weighted by molar-refractivity contribution is 7.99. The Kier molecular flexibility index (Phi) is 9.16. The smallest absolute Gasteiger partial charge is 0.209 e. The lowest BCUT2D eigenvalue weighted by Crippen LogP contribution is -3.06. The van der Waals surface area contributed by atoms with E-state index < -0.39 is 0 Å². The van der Waals surface area contributed by atoms with E-state index in [-0.39, 0.29) is 12.4 Å². The van der Waals surface area contributed by atoms with Gasteiger partial charge in [-0.1, -0.05) is 23.9 Å². The number of rotatable bonds is 9. The van der Waals surface area contributed by atoms with E-state index >= 15 is 0 Å². The highest BCUT2D eigenvalue weighted by atomic mass is 35.5. The maximum Gasteiger partial charge on any atom is 0.209 e. The van der Waals surface area contributed by atoms with Gasteiger partial charge in [0.25, 0.3) is 0 Å². The Morgan fingerprint density at radius 1 is 1.17 bits per heavy atom. The molecule has 1 heterocycles. The maximum absolute atomic E-state index is 3.95. The fraction of sp³-hybridized carbons (Fsp3) is 0.533. The van der Waals surface area contributed by atoms with Gasteiger partial charge in [-0.3, -0.25) is 0 Å². The first-order valence-corrected chi connectivity index (χ1v) is 8.73. The monoisotopic (exact) mass is 356 g/mol. The van der Waals surface area contributed by atoms with Crippen LogP contribution < -0.4 is 22.6 Å². The van der Waals surface area contributed by atoms with Gasteiger partial charge >= 0.3 is 0 Å². The van der Waals surface area contributed by atoms with Gasteiger partial charge < -0.3 is 22.6 Å². The second kappa shape index (κ2) is 10.6. The minimum Gasteiger partial charge on any atom is -1.00 e. The molecule has 0 bridgehead atoms. The highest BCUT2D eigenvalue weighted by Crippen LogP contribution is 2.11. The summed E-state index contributed by atoms with van der Waals surface area (Å²) in [6.45, 7) is 8.52. The lowest BCUT2D eigenvalue weighted by Gasteiger charge is -2.15. The fourth-order valence-electron chi connectivity index (χ4n) is 2.31. The Bertz CT molecular complexity index is 555. The summed E-state index contributed by atoms with van der Waals surface area (Å²) in [5, 5.41) is 15.7. The van der Waals surface area contributed by atoms with Crippen molar-refractivity contribution < 1.29 is 17.3 Å². The Labute approximate surface area is 148 Å². The van der Waals surface area contributed by atoms with Gasteiger partial charge in [0, 0.05) is 25.9 Å². The maximum atomic E-state index is 3.95. The Morgan fingerprint density at radius 3 is 2.43 bits per heavy atom. The van der Waals surface area contributed by atoms with Crippen LogP contribution >= 0.6 is 11.8 Å². The molecule has 0 fully saturated rings. The molecule has 2 rings (SSSR count). The van der Waals surface area contributed by atoms with Crippen molar-refractivity contribution in [2.45, 2.75) is 25.5 Å². The average Bonchev–Trinajstić information content (AvgIpc) is 2.95. The van der Waals surface area contributed by atoms with E-state index in [1.165, 1.54) is 16.2 Å². The summed E-state index contributed by atoms with van der Waals surface area (Å²) in [4.78, 5) is 1.52. The predicted molar refractivity (Wildman–Crippen MR) is 89.4 cm³/mol. The second-order valence-corrected chi connectivity index (χ2v) is 6.18. The van der Waals surface area contributed by atoms with Crippen molar-refractivity contribution in [1.29, 1.82) is 0 Å². The number of tetrazole rings is 1. The molecular formula is C15H25ClN6S. The Hall–Kier alpha value is -1.15. The van der Waals surface area contributed by atoms with Crippen LogP contribution in [0.2, 0.25) is 0 Å². The van der Waals surface area contributed by atoms with E-state index in [1.807, 2.05) is 7.05 Å². The Morgan fingerprint density at radius 2 is 1.87 bits per heavy atom. The van der Waals surface area contributed by atoms with Crippen molar-refractivity contribution in [2.75, 3.05) is 25.4 Å². The number of hydrogen-bond acceptors (Lipinski definition) is 5. The van der Waals surface area contributed by atoms with Gasteiger partial charge in [0.05, 0.1) is 13.1 Å². The number of quaternary nitrogens is 1. The van der Waals surface area contributed by atoms with Crippen LogP contribution in [0.25, 0.3) is 0 Å². The zero-order chi connectivity index (χ0) is 15.8. The van der Waals surface area contributed by atoms with Gasteiger partial charge in [-0.05, 0) is 42.0 Å². The second-order valence-electron chi connectivity index (χ2n) is 5.12. The van der Waals surface area contributed by atoms with Gasteiger partial charge in [0.1, 0.15) is 5.69 Å². The molecule has 6 nitrogen and oxygen atoms in total. The van der Waals surface area contributed by atoms with Crippen LogP contribution in [0.3, 0.4) is 0 Å². The van der Waals surface area contributed by atoms with Crippen LogP contribution in [0.4, 0.5) is 5.69 Å². The molecule has 0 atom stereocenters. The number of benzene rings is 1. The van der Waals surface area contributed by atoms with Crippen LogP contribution in [-0.2, 0) is 13.6 Å². The number of aryl methyl sites for hydroxylation is 1. The third kappa shape index (κ3) is 6.10. The van der Waals surface area contributed by atoms with Gasteiger partial charge in [0.15, 0.2) is 0 Å². The molecular weight excluding hydrogens is 332 g/mol. The lowest BCUT2D eigenvalue weighted by molar-refractivity contribution is -0.828. The first-order valence-electron chi connectivity index (χ1n) is 7.74. The average molecular weight is 357 g/mol. The molecule has 0 saturated heterocycles. The number of nitrogens with one attached hydrogen (secondary N) is 2. The number of nitrogens with zero attached hydrogens (tertiary/aromatic N) is 4. The lowest BCUT2D eigenvalue weighted by atomic mass is 10.2. The van der Waals surface area contributed by atoms with E-state index in [2.05, 4.69) is 59.0 Å². The molecule has 0 amide bonds. The summed E-state index contributed by atoms with van der Waals surface area (Å²) in [5.41, 5.74) is 2.69. The van der Waals surface area contributed by atoms with E-state index in [9.17, 15) is 0 Å².